The summed E-state index contributed by atoms with van der Waals surface area (Å²) in [7, 11) is 0. The van der Waals surface area contributed by atoms with Crippen molar-refractivity contribution in [1.82, 2.24) is 5.32 Å². The van der Waals surface area contributed by atoms with Gasteiger partial charge in [0.05, 0.1) is 0 Å². The fourth-order valence-corrected chi connectivity index (χ4v) is 1.43. The zero-order valence-electron chi connectivity index (χ0n) is 8.66. The molecule has 1 heterocycles. The SMILES string of the molecule is CCC(OC1CCCNC1=N)C(=O)O.Cl. The van der Waals surface area contributed by atoms with Gasteiger partial charge in [0.1, 0.15) is 11.9 Å². The lowest BCUT2D eigenvalue weighted by atomic mass is 10.1. The molecule has 0 spiro atoms. The van der Waals surface area contributed by atoms with E-state index in [1.54, 1.807) is 6.92 Å². The zero-order valence-corrected chi connectivity index (χ0v) is 9.47. The van der Waals surface area contributed by atoms with Crippen molar-refractivity contribution in [3.63, 3.8) is 0 Å². The third-order valence-corrected chi connectivity index (χ3v) is 2.26. The van der Waals surface area contributed by atoms with Gasteiger partial charge in [0.2, 0.25) is 0 Å². The number of carbonyl (C=O) groups is 1. The van der Waals surface area contributed by atoms with Crippen molar-refractivity contribution >= 4 is 24.2 Å². The molecule has 1 saturated heterocycles. The quantitative estimate of drug-likeness (QED) is 0.681. The second kappa shape index (κ2) is 6.63. The first-order valence-corrected chi connectivity index (χ1v) is 4.85. The summed E-state index contributed by atoms with van der Waals surface area (Å²) in [5, 5.41) is 19.2. The molecule has 15 heavy (non-hydrogen) atoms. The van der Waals surface area contributed by atoms with Crippen LogP contribution in [0.5, 0.6) is 0 Å². The van der Waals surface area contributed by atoms with Crippen LogP contribution in [0.15, 0.2) is 0 Å². The molecule has 3 N–H and O–H groups in total. The molecule has 0 amide bonds. The molecule has 1 rings (SSSR count). The van der Waals surface area contributed by atoms with Gasteiger partial charge in [0.25, 0.3) is 0 Å². The van der Waals surface area contributed by atoms with Crippen molar-refractivity contribution in [2.75, 3.05) is 6.54 Å². The van der Waals surface area contributed by atoms with Gasteiger partial charge >= 0.3 is 5.97 Å². The number of nitrogens with one attached hydrogen (secondary N) is 2. The van der Waals surface area contributed by atoms with E-state index in [9.17, 15) is 4.79 Å². The van der Waals surface area contributed by atoms with E-state index in [4.69, 9.17) is 15.3 Å². The highest BCUT2D eigenvalue weighted by atomic mass is 35.5. The van der Waals surface area contributed by atoms with Crippen LogP contribution in [0.2, 0.25) is 0 Å². The molecule has 2 unspecified atom stereocenters. The van der Waals surface area contributed by atoms with Gasteiger partial charge in [-0.1, -0.05) is 6.92 Å². The van der Waals surface area contributed by atoms with E-state index in [0.717, 1.165) is 19.4 Å². The second-order valence-electron chi connectivity index (χ2n) is 3.34. The molecule has 1 aliphatic rings. The molecule has 1 fully saturated rings. The Morgan fingerprint density at radius 3 is 2.93 bits per heavy atom. The number of rotatable bonds is 4. The molecule has 0 aromatic carbocycles. The minimum Gasteiger partial charge on any atom is -0.479 e. The summed E-state index contributed by atoms with van der Waals surface area (Å²) in [6, 6.07) is 0. The maximum Gasteiger partial charge on any atom is 0.332 e. The summed E-state index contributed by atoms with van der Waals surface area (Å²) in [5.74, 6) is -0.651. The van der Waals surface area contributed by atoms with Crippen LogP contribution in [0.25, 0.3) is 0 Å². The second-order valence-corrected chi connectivity index (χ2v) is 3.34. The van der Waals surface area contributed by atoms with Crippen molar-refractivity contribution in [2.24, 2.45) is 0 Å². The van der Waals surface area contributed by atoms with Gasteiger partial charge in [0, 0.05) is 6.54 Å². The van der Waals surface area contributed by atoms with Crippen molar-refractivity contribution < 1.29 is 14.6 Å². The van der Waals surface area contributed by atoms with Crippen LogP contribution in [0.4, 0.5) is 0 Å². The third kappa shape index (κ3) is 4.05. The predicted molar refractivity (Wildman–Crippen MR) is 58.8 cm³/mol. The monoisotopic (exact) mass is 236 g/mol. The summed E-state index contributed by atoms with van der Waals surface area (Å²) in [6.07, 6.45) is 0.919. The molecule has 2 atom stereocenters. The van der Waals surface area contributed by atoms with Crippen LogP contribution >= 0.6 is 12.4 Å². The van der Waals surface area contributed by atoms with E-state index in [1.807, 2.05) is 0 Å². The van der Waals surface area contributed by atoms with Gasteiger partial charge in [-0.15, -0.1) is 12.4 Å². The zero-order chi connectivity index (χ0) is 10.6. The number of carboxylic acids is 1. The maximum atomic E-state index is 10.7. The Labute approximate surface area is 95.1 Å². The molecule has 0 aromatic heterocycles. The van der Waals surface area contributed by atoms with Gasteiger partial charge in [-0.25, -0.2) is 4.79 Å². The number of aliphatic carboxylic acids is 1. The number of halogens is 1. The molecule has 0 bridgehead atoms. The highest BCUT2D eigenvalue weighted by Gasteiger charge is 2.25. The van der Waals surface area contributed by atoms with E-state index in [1.165, 1.54) is 0 Å². The first kappa shape index (κ1) is 14.2. The Morgan fingerprint density at radius 2 is 2.47 bits per heavy atom. The third-order valence-electron chi connectivity index (χ3n) is 2.26. The van der Waals surface area contributed by atoms with Gasteiger partial charge in [-0.2, -0.15) is 0 Å². The Hall–Kier alpha value is -0.810. The summed E-state index contributed by atoms with van der Waals surface area (Å²) in [5.41, 5.74) is 0. The molecule has 0 saturated carbocycles. The van der Waals surface area contributed by atoms with E-state index in [0.29, 0.717) is 12.3 Å². The Bertz CT molecular complexity index is 235. The highest BCUT2D eigenvalue weighted by Crippen LogP contribution is 2.12. The largest absolute Gasteiger partial charge is 0.479 e. The van der Waals surface area contributed by atoms with Crippen molar-refractivity contribution in [3.05, 3.63) is 0 Å². The van der Waals surface area contributed by atoms with E-state index >= 15 is 0 Å². The summed E-state index contributed by atoms with van der Waals surface area (Å²) in [6.45, 7) is 2.54. The van der Waals surface area contributed by atoms with Crippen molar-refractivity contribution in [2.45, 2.75) is 38.4 Å². The topological polar surface area (TPSA) is 82.4 Å². The highest BCUT2D eigenvalue weighted by molar-refractivity contribution is 5.85. The Balaban J connectivity index is 0.00000196. The van der Waals surface area contributed by atoms with Gasteiger partial charge < -0.3 is 15.2 Å². The molecule has 88 valence electrons. The lowest BCUT2D eigenvalue weighted by Crippen LogP contribution is -2.44. The molecule has 1 aliphatic heterocycles. The fourth-order valence-electron chi connectivity index (χ4n) is 1.43. The first-order chi connectivity index (χ1) is 6.65. The molecular formula is C9H17ClN2O3. The minimum absolute atomic E-state index is 0. The lowest BCUT2D eigenvalue weighted by Gasteiger charge is -2.26. The molecular weight excluding hydrogens is 220 g/mol. The van der Waals surface area contributed by atoms with Gasteiger partial charge in [-0.3, -0.25) is 5.41 Å². The predicted octanol–water partition coefficient (Wildman–Crippen LogP) is 1.02. The molecule has 0 radical (unpaired) electrons. The van der Waals surface area contributed by atoms with Crippen molar-refractivity contribution in [3.8, 4) is 0 Å². The van der Waals surface area contributed by atoms with Crippen molar-refractivity contribution in [1.29, 1.82) is 5.41 Å². The Morgan fingerprint density at radius 1 is 1.80 bits per heavy atom. The van der Waals surface area contributed by atoms with E-state index in [2.05, 4.69) is 5.32 Å². The normalized spacial score (nSPS) is 22.5. The van der Waals surface area contributed by atoms with Crippen LogP contribution in [0.3, 0.4) is 0 Å². The summed E-state index contributed by atoms with van der Waals surface area (Å²) < 4.78 is 5.33. The van der Waals surface area contributed by atoms with E-state index in [-0.39, 0.29) is 18.5 Å². The number of hydrogen-bond acceptors (Lipinski definition) is 3. The van der Waals surface area contributed by atoms with Crippen LogP contribution < -0.4 is 5.32 Å². The van der Waals surface area contributed by atoms with Gasteiger partial charge in [-0.05, 0) is 19.3 Å². The van der Waals surface area contributed by atoms with E-state index < -0.39 is 12.1 Å². The number of amidine groups is 1. The molecule has 6 heteroatoms. The Kier molecular flexibility index (Phi) is 6.27. The number of carboxylic acid groups (broad SMARTS) is 1. The number of piperidine rings is 1. The standard InChI is InChI=1S/C9H16N2O3.ClH/c1-2-6(9(12)13)14-7-4-3-5-11-8(7)10;/h6-7H,2-5H2,1H3,(H2,10,11)(H,12,13);1H. The first-order valence-electron chi connectivity index (χ1n) is 4.85. The number of hydrogen-bond donors (Lipinski definition) is 3. The fraction of sp³-hybridized carbons (Fsp3) is 0.778. The molecule has 5 nitrogen and oxygen atoms in total. The molecule has 0 aliphatic carbocycles. The summed E-state index contributed by atoms with van der Waals surface area (Å²) >= 11 is 0. The van der Waals surface area contributed by atoms with Crippen LogP contribution in [-0.2, 0) is 9.53 Å². The van der Waals surface area contributed by atoms with Crippen LogP contribution in [0.1, 0.15) is 26.2 Å². The smallest absolute Gasteiger partial charge is 0.332 e. The average molecular weight is 237 g/mol. The summed E-state index contributed by atoms with van der Waals surface area (Å²) in [4.78, 5) is 10.7. The maximum absolute atomic E-state index is 10.7. The van der Waals surface area contributed by atoms with Crippen LogP contribution in [-0.4, -0.2) is 35.7 Å². The minimum atomic E-state index is -0.953. The lowest BCUT2D eigenvalue weighted by molar-refractivity contribution is -0.152. The van der Waals surface area contributed by atoms with Crippen LogP contribution in [0, 0.1) is 5.41 Å². The average Bonchev–Trinajstić information content (AvgIpc) is 2.16. The van der Waals surface area contributed by atoms with Gasteiger partial charge in [0.15, 0.2) is 6.10 Å². The molecule has 0 aromatic rings. The number of ether oxygens (including phenoxy) is 1.